The normalized spacial score (nSPS) is 11.1. The van der Waals surface area contributed by atoms with Crippen LogP contribution in [0.5, 0.6) is 0 Å². The molecule has 96 valence electrons. The number of benzene rings is 1. The van der Waals surface area contributed by atoms with Crippen molar-refractivity contribution in [1.29, 1.82) is 0 Å². The average molecular weight is 293 g/mol. The third-order valence-electron chi connectivity index (χ3n) is 2.50. The van der Waals surface area contributed by atoms with E-state index in [1.165, 1.54) is 22.4 Å². The van der Waals surface area contributed by atoms with Gasteiger partial charge in [0.1, 0.15) is 10.8 Å². The fourth-order valence-corrected chi connectivity index (χ4v) is 2.78. The molecule has 2 aromatic heterocycles. The minimum atomic E-state index is -0.243. The van der Waals surface area contributed by atoms with Gasteiger partial charge in [-0.15, -0.1) is 4.57 Å². The van der Waals surface area contributed by atoms with Gasteiger partial charge >= 0.3 is 0 Å². The van der Waals surface area contributed by atoms with Gasteiger partial charge in [-0.05, 0) is 19.1 Å². The number of aromatic nitrogens is 2. The molecule has 19 heavy (non-hydrogen) atoms. The number of rotatable bonds is 2. The molecule has 2 heterocycles. The van der Waals surface area contributed by atoms with E-state index in [-0.39, 0.29) is 5.56 Å². The number of hydrogen-bond donors (Lipinski definition) is 0. The van der Waals surface area contributed by atoms with Gasteiger partial charge in [-0.1, -0.05) is 35.5 Å². The summed E-state index contributed by atoms with van der Waals surface area (Å²) >= 11 is 7.44. The van der Waals surface area contributed by atoms with Crippen LogP contribution in [0.15, 0.2) is 55.6 Å². The summed E-state index contributed by atoms with van der Waals surface area (Å²) in [7, 11) is 0. The van der Waals surface area contributed by atoms with Crippen molar-refractivity contribution in [2.24, 2.45) is 0 Å². The van der Waals surface area contributed by atoms with Gasteiger partial charge in [0.2, 0.25) is 0 Å². The number of aryl methyl sites for hydroxylation is 1. The van der Waals surface area contributed by atoms with Crippen molar-refractivity contribution in [2.75, 3.05) is 0 Å². The second-order valence-corrected chi connectivity index (χ2v) is 5.43. The van der Waals surface area contributed by atoms with Crippen LogP contribution in [0, 0.1) is 6.92 Å². The molecule has 0 spiro atoms. The predicted molar refractivity (Wildman–Crippen MR) is 74.0 cm³/mol. The fraction of sp³-hybridized carbons (Fsp3) is 0.0769. The van der Waals surface area contributed by atoms with Gasteiger partial charge in [0.05, 0.1) is 5.02 Å². The monoisotopic (exact) mass is 292 g/mol. The highest BCUT2D eigenvalue weighted by Crippen LogP contribution is 2.31. The Bertz CT molecular complexity index is 810. The van der Waals surface area contributed by atoms with Gasteiger partial charge in [-0.25, -0.2) is 4.98 Å². The Morgan fingerprint density at radius 1 is 1.32 bits per heavy atom. The van der Waals surface area contributed by atoms with Crippen molar-refractivity contribution in [1.82, 2.24) is 9.56 Å². The van der Waals surface area contributed by atoms with Crippen molar-refractivity contribution in [3.8, 4) is 0 Å². The third-order valence-corrected chi connectivity index (χ3v) is 3.93. The van der Waals surface area contributed by atoms with Gasteiger partial charge in [-0.2, -0.15) is 0 Å². The molecule has 4 nitrogen and oxygen atoms in total. The zero-order valence-corrected chi connectivity index (χ0v) is 11.5. The molecule has 0 N–H and O–H groups in total. The summed E-state index contributed by atoms with van der Waals surface area (Å²) in [5.41, 5.74) is 0.257. The lowest BCUT2D eigenvalue weighted by Gasteiger charge is -2.02. The summed E-state index contributed by atoms with van der Waals surface area (Å²) in [6.45, 7) is 1.77. The van der Waals surface area contributed by atoms with Crippen LogP contribution in [0.1, 0.15) is 5.76 Å². The van der Waals surface area contributed by atoms with Crippen LogP contribution < -0.4 is 5.56 Å². The Hall–Kier alpha value is -1.72. The first-order chi connectivity index (χ1) is 9.13. The van der Waals surface area contributed by atoms with E-state index in [4.69, 9.17) is 16.1 Å². The van der Waals surface area contributed by atoms with Gasteiger partial charge < -0.3 is 4.52 Å². The zero-order chi connectivity index (χ0) is 13.4. The van der Waals surface area contributed by atoms with Crippen LogP contribution in [0.4, 0.5) is 0 Å². The Morgan fingerprint density at radius 2 is 2.11 bits per heavy atom. The second-order valence-electron chi connectivity index (χ2n) is 3.96. The molecule has 6 heteroatoms. The second kappa shape index (κ2) is 4.75. The molecule has 0 saturated carbocycles. The van der Waals surface area contributed by atoms with Gasteiger partial charge in [0.25, 0.3) is 5.56 Å². The minimum Gasteiger partial charge on any atom is -0.375 e. The molecule has 3 rings (SSSR count). The number of fused-ring (bicyclic) bond motifs is 1. The maximum atomic E-state index is 11.9. The highest BCUT2D eigenvalue weighted by molar-refractivity contribution is 7.99. The fourth-order valence-electron chi connectivity index (χ4n) is 1.69. The Labute approximate surface area is 118 Å². The van der Waals surface area contributed by atoms with Gasteiger partial charge in [0, 0.05) is 17.0 Å². The standard InChI is InChI=1S/C13H9ClN2O2S/c1-8-6-11-15-12(7-13(17)16(11)18-8)19-10-5-3-2-4-9(10)14/h2-7H,1H3. The Morgan fingerprint density at radius 3 is 2.89 bits per heavy atom. The van der Waals surface area contributed by atoms with Crippen LogP contribution in [-0.4, -0.2) is 9.56 Å². The van der Waals surface area contributed by atoms with Gasteiger partial charge in [-0.3, -0.25) is 4.79 Å². The zero-order valence-electron chi connectivity index (χ0n) is 9.96. The SMILES string of the molecule is Cc1cc2nc(Sc3ccccc3Cl)cc(=O)n2o1. The number of halogens is 1. The molecular weight excluding hydrogens is 284 g/mol. The maximum absolute atomic E-state index is 11.9. The topological polar surface area (TPSA) is 47.5 Å². The highest BCUT2D eigenvalue weighted by atomic mass is 35.5. The molecule has 0 aliphatic heterocycles. The van der Waals surface area contributed by atoms with Crippen LogP contribution in [0.25, 0.3) is 5.65 Å². The molecule has 0 amide bonds. The lowest BCUT2D eigenvalue weighted by Crippen LogP contribution is -2.11. The smallest absolute Gasteiger partial charge is 0.288 e. The van der Waals surface area contributed by atoms with E-state index in [1.54, 1.807) is 19.1 Å². The van der Waals surface area contributed by atoms with Crippen molar-refractivity contribution in [3.05, 3.63) is 57.5 Å². The van der Waals surface area contributed by atoms with E-state index in [2.05, 4.69) is 4.98 Å². The maximum Gasteiger partial charge on any atom is 0.288 e. The van der Waals surface area contributed by atoms with E-state index in [0.29, 0.717) is 21.5 Å². The quantitative estimate of drug-likeness (QED) is 0.679. The largest absolute Gasteiger partial charge is 0.375 e. The lowest BCUT2D eigenvalue weighted by atomic mass is 10.4. The molecule has 0 unspecified atom stereocenters. The molecule has 0 radical (unpaired) electrons. The van der Waals surface area contributed by atoms with E-state index in [0.717, 1.165) is 4.90 Å². The Balaban J connectivity index is 2.07. The Kier molecular flexibility index (Phi) is 3.08. The van der Waals surface area contributed by atoms with Crippen molar-refractivity contribution in [3.63, 3.8) is 0 Å². The van der Waals surface area contributed by atoms with Crippen molar-refractivity contribution in [2.45, 2.75) is 16.8 Å². The average Bonchev–Trinajstić information content (AvgIpc) is 2.73. The summed E-state index contributed by atoms with van der Waals surface area (Å²) < 4.78 is 6.41. The molecule has 0 aliphatic carbocycles. The molecule has 0 bridgehead atoms. The molecule has 3 aromatic rings. The van der Waals surface area contributed by atoms with Crippen LogP contribution in [0.2, 0.25) is 5.02 Å². The number of nitrogens with zero attached hydrogens (tertiary/aromatic N) is 2. The molecule has 1 aromatic carbocycles. The highest BCUT2D eigenvalue weighted by Gasteiger charge is 2.09. The molecular formula is C13H9ClN2O2S. The van der Waals surface area contributed by atoms with Crippen molar-refractivity contribution >= 4 is 29.0 Å². The lowest BCUT2D eigenvalue weighted by molar-refractivity contribution is 0.344. The first kappa shape index (κ1) is 12.3. The summed E-state index contributed by atoms with van der Waals surface area (Å²) in [4.78, 5) is 17.1. The first-order valence-corrected chi connectivity index (χ1v) is 6.76. The van der Waals surface area contributed by atoms with E-state index in [9.17, 15) is 4.79 Å². The third kappa shape index (κ3) is 2.39. The number of hydrogen-bond acceptors (Lipinski definition) is 4. The predicted octanol–water partition coefficient (Wildman–Crippen LogP) is 3.40. The minimum absolute atomic E-state index is 0.243. The molecule has 0 atom stereocenters. The van der Waals surface area contributed by atoms with Crippen LogP contribution in [-0.2, 0) is 0 Å². The van der Waals surface area contributed by atoms with E-state index < -0.39 is 0 Å². The van der Waals surface area contributed by atoms with Gasteiger partial charge in [0.15, 0.2) is 5.65 Å². The summed E-state index contributed by atoms with van der Waals surface area (Å²) in [6, 6.07) is 10.6. The van der Waals surface area contributed by atoms with Crippen LogP contribution >= 0.6 is 23.4 Å². The van der Waals surface area contributed by atoms with Crippen LogP contribution in [0.3, 0.4) is 0 Å². The van der Waals surface area contributed by atoms with Crippen molar-refractivity contribution < 1.29 is 4.52 Å². The molecule has 0 fully saturated rings. The first-order valence-electron chi connectivity index (χ1n) is 5.56. The molecule has 0 saturated heterocycles. The molecule has 0 aliphatic rings. The summed E-state index contributed by atoms with van der Waals surface area (Å²) in [5.74, 6) is 0.643. The van der Waals surface area contributed by atoms with E-state index in [1.807, 2.05) is 18.2 Å². The summed E-state index contributed by atoms with van der Waals surface area (Å²) in [5, 5.41) is 1.23. The van der Waals surface area contributed by atoms with E-state index >= 15 is 0 Å². The summed E-state index contributed by atoms with van der Waals surface area (Å²) in [6.07, 6.45) is 0.